The summed E-state index contributed by atoms with van der Waals surface area (Å²) in [6.45, 7) is 2.15. The number of hydrogen-bond donors (Lipinski definition) is 0. The summed E-state index contributed by atoms with van der Waals surface area (Å²) < 4.78 is 6.54. The molecule has 2 nitrogen and oxygen atoms in total. The molecule has 0 aliphatic carbocycles. The Balaban J connectivity index is 1.19. The van der Waals surface area contributed by atoms with Gasteiger partial charge < -0.3 is 9.32 Å². The Kier molecular flexibility index (Phi) is 8.08. The van der Waals surface area contributed by atoms with Gasteiger partial charge in [0.2, 0.25) is 0 Å². The fourth-order valence-corrected chi connectivity index (χ4v) is 8.16. The SMILES string of the molecule is Cc1cccc2oc3cc(N(c4ccc(-c5ccc6ccccc6c5-c5ccccc5)cc4)c4cc(-c5ccccc5)ccc4-c4ccccc4)ccc3c12. The summed E-state index contributed by atoms with van der Waals surface area (Å²) in [5.74, 6) is 0. The second kappa shape index (κ2) is 13.7. The highest BCUT2D eigenvalue weighted by atomic mass is 16.3. The molecule has 0 spiro atoms. The van der Waals surface area contributed by atoms with Gasteiger partial charge in [0, 0.05) is 33.8 Å². The van der Waals surface area contributed by atoms with Gasteiger partial charge in [-0.2, -0.15) is 0 Å². The lowest BCUT2D eigenvalue weighted by molar-refractivity contribution is 0.669. The average Bonchev–Trinajstić information content (AvgIpc) is 3.64. The second-order valence-electron chi connectivity index (χ2n) is 14.2. The minimum atomic E-state index is 0.868. The molecule has 0 radical (unpaired) electrons. The third kappa shape index (κ3) is 5.85. The van der Waals surface area contributed by atoms with Crippen LogP contribution >= 0.6 is 0 Å². The summed E-state index contributed by atoms with van der Waals surface area (Å²) in [6, 6.07) is 74.0. The van der Waals surface area contributed by atoms with Gasteiger partial charge in [-0.3, -0.25) is 0 Å². The molecule has 10 rings (SSSR count). The average molecular weight is 704 g/mol. The number of nitrogens with zero attached hydrogens (tertiary/aromatic N) is 1. The van der Waals surface area contributed by atoms with Gasteiger partial charge in [0.1, 0.15) is 11.2 Å². The first-order valence-electron chi connectivity index (χ1n) is 18.8. The molecule has 0 fully saturated rings. The number of fused-ring (bicyclic) bond motifs is 4. The van der Waals surface area contributed by atoms with E-state index < -0.39 is 0 Å². The maximum Gasteiger partial charge on any atom is 0.137 e. The molecule has 55 heavy (non-hydrogen) atoms. The minimum absolute atomic E-state index is 0.868. The zero-order valence-electron chi connectivity index (χ0n) is 30.5. The molecule has 2 heteroatoms. The molecule has 0 saturated carbocycles. The highest BCUT2D eigenvalue weighted by Gasteiger charge is 2.21. The van der Waals surface area contributed by atoms with Gasteiger partial charge in [0.15, 0.2) is 0 Å². The maximum absolute atomic E-state index is 6.54. The van der Waals surface area contributed by atoms with E-state index in [1.165, 1.54) is 44.0 Å². The lowest BCUT2D eigenvalue weighted by Gasteiger charge is -2.29. The summed E-state index contributed by atoms with van der Waals surface area (Å²) in [6.07, 6.45) is 0. The van der Waals surface area contributed by atoms with Crippen LogP contribution in [0.2, 0.25) is 0 Å². The van der Waals surface area contributed by atoms with Crippen LogP contribution in [-0.2, 0) is 0 Å². The maximum atomic E-state index is 6.54. The van der Waals surface area contributed by atoms with Crippen LogP contribution in [0, 0.1) is 6.92 Å². The van der Waals surface area contributed by atoms with Crippen molar-refractivity contribution in [1.82, 2.24) is 0 Å². The van der Waals surface area contributed by atoms with Gasteiger partial charge in [-0.15, -0.1) is 0 Å². The molecular weight excluding hydrogens is 667 g/mol. The molecule has 0 bridgehead atoms. The number of rotatable bonds is 7. The highest BCUT2D eigenvalue weighted by molar-refractivity contribution is 6.08. The van der Waals surface area contributed by atoms with Crippen molar-refractivity contribution in [3.63, 3.8) is 0 Å². The van der Waals surface area contributed by atoms with Crippen molar-refractivity contribution in [1.29, 1.82) is 0 Å². The van der Waals surface area contributed by atoms with E-state index in [1.807, 2.05) is 0 Å². The molecule has 9 aromatic carbocycles. The zero-order valence-corrected chi connectivity index (χ0v) is 30.5. The number of aryl methyl sites for hydroxylation is 1. The summed E-state index contributed by atoms with van der Waals surface area (Å²) in [7, 11) is 0. The van der Waals surface area contributed by atoms with E-state index in [2.05, 4.69) is 218 Å². The van der Waals surface area contributed by atoms with Crippen molar-refractivity contribution in [2.24, 2.45) is 0 Å². The predicted octanol–water partition coefficient (Wildman–Crippen LogP) is 15.2. The van der Waals surface area contributed by atoms with Crippen LogP contribution in [0.15, 0.2) is 211 Å². The molecule has 0 aliphatic rings. The fourth-order valence-electron chi connectivity index (χ4n) is 8.16. The molecule has 0 saturated heterocycles. The van der Waals surface area contributed by atoms with Crippen molar-refractivity contribution in [3.05, 3.63) is 212 Å². The zero-order chi connectivity index (χ0) is 36.7. The third-order valence-corrected chi connectivity index (χ3v) is 10.8. The van der Waals surface area contributed by atoms with E-state index in [-0.39, 0.29) is 0 Å². The first-order chi connectivity index (χ1) is 27.2. The van der Waals surface area contributed by atoms with Crippen LogP contribution in [0.5, 0.6) is 0 Å². The van der Waals surface area contributed by atoms with Crippen LogP contribution in [0.25, 0.3) is 77.2 Å². The van der Waals surface area contributed by atoms with Gasteiger partial charge in [0.05, 0.1) is 5.69 Å². The first-order valence-corrected chi connectivity index (χ1v) is 18.8. The fraction of sp³-hybridized carbons (Fsp3) is 0.0189. The molecule has 0 aliphatic heterocycles. The van der Waals surface area contributed by atoms with E-state index in [9.17, 15) is 0 Å². The van der Waals surface area contributed by atoms with Crippen molar-refractivity contribution in [2.45, 2.75) is 6.92 Å². The van der Waals surface area contributed by atoms with E-state index >= 15 is 0 Å². The highest BCUT2D eigenvalue weighted by Crippen LogP contribution is 2.46. The second-order valence-corrected chi connectivity index (χ2v) is 14.2. The third-order valence-electron chi connectivity index (χ3n) is 10.8. The predicted molar refractivity (Wildman–Crippen MR) is 232 cm³/mol. The summed E-state index contributed by atoms with van der Waals surface area (Å²) in [5.41, 5.74) is 15.6. The van der Waals surface area contributed by atoms with E-state index in [0.717, 1.165) is 55.9 Å². The quantitative estimate of drug-likeness (QED) is 0.164. The van der Waals surface area contributed by atoms with Gasteiger partial charge in [-0.1, -0.05) is 164 Å². The topological polar surface area (TPSA) is 16.4 Å². The molecule has 0 atom stereocenters. The standard InChI is InChI=1S/C53H37NO/c1-36-14-13-23-50-52(36)48-33-30-44(35-51(48)55-50)54(49-34-42(37-15-5-2-6-16-37)27-31-45(49)38-17-7-3-8-18-38)43-28-24-40(25-29-43)47-32-26-39-19-11-12-22-46(39)53(47)41-20-9-4-10-21-41/h2-35H,1H3. The Morgan fingerprint density at radius 1 is 0.382 bits per heavy atom. The Morgan fingerprint density at radius 3 is 1.76 bits per heavy atom. The molecule has 260 valence electrons. The van der Waals surface area contributed by atoms with Crippen LogP contribution in [0.1, 0.15) is 5.56 Å². The molecule has 10 aromatic rings. The van der Waals surface area contributed by atoms with Crippen LogP contribution in [0.3, 0.4) is 0 Å². The summed E-state index contributed by atoms with van der Waals surface area (Å²) in [4.78, 5) is 2.39. The smallest absolute Gasteiger partial charge is 0.137 e. The lowest BCUT2D eigenvalue weighted by Crippen LogP contribution is -2.11. The van der Waals surface area contributed by atoms with Crippen molar-refractivity contribution in [2.75, 3.05) is 4.90 Å². The largest absolute Gasteiger partial charge is 0.456 e. The number of furan rings is 1. The Morgan fingerprint density at radius 2 is 1.00 bits per heavy atom. The first kappa shape index (κ1) is 32.5. The molecule has 1 aromatic heterocycles. The monoisotopic (exact) mass is 703 g/mol. The molecule has 1 heterocycles. The van der Waals surface area contributed by atoms with Crippen molar-refractivity contribution < 1.29 is 4.42 Å². The van der Waals surface area contributed by atoms with Crippen molar-refractivity contribution >= 4 is 49.8 Å². The van der Waals surface area contributed by atoms with Crippen LogP contribution < -0.4 is 4.90 Å². The lowest BCUT2D eigenvalue weighted by atomic mass is 9.89. The van der Waals surface area contributed by atoms with Crippen LogP contribution in [-0.4, -0.2) is 0 Å². The van der Waals surface area contributed by atoms with Crippen LogP contribution in [0.4, 0.5) is 17.1 Å². The number of benzene rings is 9. The van der Waals surface area contributed by atoms with Gasteiger partial charge in [0.25, 0.3) is 0 Å². The van der Waals surface area contributed by atoms with E-state index in [1.54, 1.807) is 0 Å². The summed E-state index contributed by atoms with van der Waals surface area (Å²) in [5, 5.41) is 4.77. The van der Waals surface area contributed by atoms with Crippen molar-refractivity contribution in [3.8, 4) is 44.5 Å². The van der Waals surface area contributed by atoms with Gasteiger partial charge >= 0.3 is 0 Å². The molecule has 0 amide bonds. The molecule has 0 unspecified atom stereocenters. The summed E-state index contributed by atoms with van der Waals surface area (Å²) >= 11 is 0. The van der Waals surface area contributed by atoms with E-state index in [0.29, 0.717) is 0 Å². The normalized spacial score (nSPS) is 11.4. The molecule has 0 N–H and O–H groups in total. The minimum Gasteiger partial charge on any atom is -0.456 e. The molecular formula is C53H37NO. The Bertz CT molecular complexity index is 2960. The Hall–Kier alpha value is -7.16. The Labute approximate surface area is 321 Å². The number of hydrogen-bond acceptors (Lipinski definition) is 2. The van der Waals surface area contributed by atoms with Gasteiger partial charge in [-0.05, 0) is 98.6 Å². The van der Waals surface area contributed by atoms with E-state index in [4.69, 9.17) is 4.42 Å². The number of anilines is 3. The van der Waals surface area contributed by atoms with Gasteiger partial charge in [-0.25, -0.2) is 0 Å².